The number of para-hydroxylation sites is 1. The molecule has 0 spiro atoms. The maximum Gasteiger partial charge on any atom is 0.122 e. The molecule has 0 saturated heterocycles. The normalized spacial score (nSPS) is 12.2. The Hall–Kier alpha value is -1.18. The number of ether oxygens (including phenoxy) is 1. The number of hydrogen-bond donors (Lipinski definition) is 0. The van der Waals surface area contributed by atoms with Crippen LogP contribution >= 0.6 is 23.2 Å². The second-order valence-corrected chi connectivity index (χ2v) is 6.56. The minimum Gasteiger partial charge on any atom is -0.496 e. The number of hydrogen-bond acceptors (Lipinski definition) is 1. The van der Waals surface area contributed by atoms with Crippen LogP contribution in [0, 0.1) is 5.92 Å². The van der Waals surface area contributed by atoms with E-state index in [4.69, 9.17) is 27.9 Å². The molecule has 2 aromatic rings. The van der Waals surface area contributed by atoms with Gasteiger partial charge in [-0.1, -0.05) is 54.4 Å². The molecule has 0 fully saturated rings. The molecule has 0 saturated carbocycles. The molecule has 1 atom stereocenters. The Bertz CT molecular complexity index is 610. The van der Waals surface area contributed by atoms with Crippen LogP contribution in [0.25, 0.3) is 0 Å². The summed E-state index contributed by atoms with van der Waals surface area (Å²) in [6, 6.07) is 14.1. The van der Waals surface area contributed by atoms with E-state index in [1.165, 1.54) is 11.1 Å². The topological polar surface area (TPSA) is 9.23 Å². The van der Waals surface area contributed by atoms with Crippen molar-refractivity contribution in [2.45, 2.75) is 32.6 Å². The van der Waals surface area contributed by atoms with E-state index in [1.807, 2.05) is 24.3 Å². The van der Waals surface area contributed by atoms with Crippen LogP contribution in [-0.4, -0.2) is 7.11 Å². The number of aryl methyl sites for hydroxylation is 2. The maximum atomic E-state index is 6.06. The van der Waals surface area contributed by atoms with Gasteiger partial charge >= 0.3 is 0 Å². The van der Waals surface area contributed by atoms with Gasteiger partial charge in [-0.3, -0.25) is 0 Å². The molecule has 0 aromatic heterocycles. The monoisotopic (exact) mass is 336 g/mol. The zero-order valence-electron chi connectivity index (χ0n) is 13.1. The minimum atomic E-state index is 0.620. The first-order chi connectivity index (χ1) is 10.6. The lowest BCUT2D eigenvalue weighted by Crippen LogP contribution is -2.01. The van der Waals surface area contributed by atoms with Crippen LogP contribution < -0.4 is 4.74 Å². The van der Waals surface area contributed by atoms with Crippen LogP contribution in [-0.2, 0) is 12.8 Å². The van der Waals surface area contributed by atoms with Gasteiger partial charge in [-0.2, -0.15) is 0 Å². The molecule has 0 amide bonds. The van der Waals surface area contributed by atoms with Gasteiger partial charge in [0.25, 0.3) is 0 Å². The highest BCUT2D eigenvalue weighted by Crippen LogP contribution is 2.25. The van der Waals surface area contributed by atoms with Gasteiger partial charge in [-0.15, -0.1) is 0 Å². The van der Waals surface area contributed by atoms with Crippen molar-refractivity contribution in [2.24, 2.45) is 5.92 Å². The molecule has 0 aliphatic heterocycles. The third-order valence-corrected chi connectivity index (χ3v) is 4.75. The van der Waals surface area contributed by atoms with Crippen LogP contribution in [0.15, 0.2) is 42.5 Å². The minimum absolute atomic E-state index is 0.620. The molecule has 2 aromatic carbocycles. The SMILES string of the molecule is COc1ccccc1CCC(C)CCc1ccc(Cl)c(Cl)c1. The van der Waals surface area contributed by atoms with E-state index in [0.29, 0.717) is 16.0 Å². The molecule has 0 bridgehead atoms. The van der Waals surface area contributed by atoms with Gasteiger partial charge in [0.2, 0.25) is 0 Å². The summed E-state index contributed by atoms with van der Waals surface area (Å²) in [6.07, 6.45) is 4.38. The molecule has 2 rings (SSSR count). The molecule has 0 N–H and O–H groups in total. The van der Waals surface area contributed by atoms with Gasteiger partial charge in [-0.05, 0) is 60.9 Å². The highest BCUT2D eigenvalue weighted by Gasteiger charge is 2.07. The van der Waals surface area contributed by atoms with Crippen molar-refractivity contribution in [3.8, 4) is 5.75 Å². The summed E-state index contributed by atoms with van der Waals surface area (Å²) in [4.78, 5) is 0. The highest BCUT2D eigenvalue weighted by atomic mass is 35.5. The molecule has 0 heterocycles. The molecule has 3 heteroatoms. The molecule has 118 valence electrons. The lowest BCUT2D eigenvalue weighted by molar-refractivity contribution is 0.405. The Labute approximate surface area is 143 Å². The van der Waals surface area contributed by atoms with Crippen LogP contribution in [0.4, 0.5) is 0 Å². The molecule has 0 radical (unpaired) electrons. The van der Waals surface area contributed by atoms with Gasteiger partial charge in [0.15, 0.2) is 0 Å². The Kier molecular flexibility index (Phi) is 6.60. The van der Waals surface area contributed by atoms with Crippen molar-refractivity contribution < 1.29 is 4.74 Å². The molecule has 22 heavy (non-hydrogen) atoms. The quantitative estimate of drug-likeness (QED) is 0.584. The van der Waals surface area contributed by atoms with Crippen molar-refractivity contribution in [1.29, 1.82) is 0 Å². The van der Waals surface area contributed by atoms with E-state index in [1.54, 1.807) is 7.11 Å². The lowest BCUT2D eigenvalue weighted by Gasteiger charge is -2.13. The fourth-order valence-corrected chi connectivity index (χ4v) is 2.88. The summed E-state index contributed by atoms with van der Waals surface area (Å²) in [5, 5.41) is 1.26. The molecular formula is C19H22Cl2O. The fourth-order valence-electron chi connectivity index (χ4n) is 2.56. The summed E-state index contributed by atoms with van der Waals surface area (Å²) in [5.74, 6) is 1.64. The third kappa shape index (κ3) is 4.93. The number of methoxy groups -OCH3 is 1. The van der Waals surface area contributed by atoms with Crippen LogP contribution in [0.5, 0.6) is 5.75 Å². The van der Waals surface area contributed by atoms with Gasteiger partial charge < -0.3 is 4.74 Å². The van der Waals surface area contributed by atoms with Crippen molar-refractivity contribution in [3.05, 3.63) is 63.6 Å². The first-order valence-electron chi connectivity index (χ1n) is 7.66. The standard InChI is InChI=1S/C19H22Cl2O/c1-14(7-9-15-10-12-17(20)18(21)13-15)8-11-16-5-3-4-6-19(16)22-2/h3-6,10,12-14H,7-9,11H2,1-2H3. The Morgan fingerprint density at radius 1 is 0.955 bits per heavy atom. The summed E-state index contributed by atoms with van der Waals surface area (Å²) in [6.45, 7) is 2.30. The summed E-state index contributed by atoms with van der Waals surface area (Å²) in [7, 11) is 1.73. The van der Waals surface area contributed by atoms with E-state index in [0.717, 1.165) is 31.4 Å². The number of halogens is 2. The highest BCUT2D eigenvalue weighted by molar-refractivity contribution is 6.42. The lowest BCUT2D eigenvalue weighted by atomic mass is 9.94. The van der Waals surface area contributed by atoms with E-state index in [-0.39, 0.29) is 0 Å². The van der Waals surface area contributed by atoms with E-state index in [9.17, 15) is 0 Å². The Balaban J connectivity index is 1.82. The average Bonchev–Trinajstić information content (AvgIpc) is 2.54. The van der Waals surface area contributed by atoms with Crippen molar-refractivity contribution in [3.63, 3.8) is 0 Å². The van der Waals surface area contributed by atoms with Crippen molar-refractivity contribution in [1.82, 2.24) is 0 Å². The molecule has 0 aliphatic rings. The molecule has 0 aliphatic carbocycles. The first-order valence-corrected chi connectivity index (χ1v) is 8.41. The van der Waals surface area contributed by atoms with Crippen molar-refractivity contribution in [2.75, 3.05) is 7.11 Å². The molecule has 1 nitrogen and oxygen atoms in total. The third-order valence-electron chi connectivity index (χ3n) is 4.01. The number of rotatable bonds is 7. The summed E-state index contributed by atoms with van der Waals surface area (Å²) < 4.78 is 5.40. The van der Waals surface area contributed by atoms with Gasteiger partial charge in [-0.25, -0.2) is 0 Å². The fraction of sp³-hybridized carbons (Fsp3) is 0.368. The smallest absolute Gasteiger partial charge is 0.122 e. The van der Waals surface area contributed by atoms with E-state index < -0.39 is 0 Å². The van der Waals surface area contributed by atoms with Gasteiger partial charge in [0.1, 0.15) is 5.75 Å². The van der Waals surface area contributed by atoms with Crippen LogP contribution in [0.1, 0.15) is 30.9 Å². The zero-order chi connectivity index (χ0) is 15.9. The Morgan fingerprint density at radius 3 is 2.41 bits per heavy atom. The van der Waals surface area contributed by atoms with E-state index >= 15 is 0 Å². The second-order valence-electron chi connectivity index (χ2n) is 5.74. The van der Waals surface area contributed by atoms with Gasteiger partial charge in [0, 0.05) is 0 Å². The van der Waals surface area contributed by atoms with Crippen LogP contribution in [0.2, 0.25) is 10.0 Å². The molecule has 1 unspecified atom stereocenters. The van der Waals surface area contributed by atoms with Crippen LogP contribution in [0.3, 0.4) is 0 Å². The maximum absolute atomic E-state index is 6.06. The predicted octanol–water partition coefficient (Wildman–Crippen LogP) is 6.20. The zero-order valence-corrected chi connectivity index (χ0v) is 14.6. The number of benzene rings is 2. The molecular weight excluding hydrogens is 315 g/mol. The average molecular weight is 337 g/mol. The Morgan fingerprint density at radius 2 is 1.68 bits per heavy atom. The van der Waals surface area contributed by atoms with Gasteiger partial charge in [0.05, 0.1) is 17.2 Å². The van der Waals surface area contributed by atoms with E-state index in [2.05, 4.69) is 25.1 Å². The first kappa shape index (κ1) is 17.2. The summed E-state index contributed by atoms with van der Waals surface area (Å²) >= 11 is 12.0. The summed E-state index contributed by atoms with van der Waals surface area (Å²) in [5.41, 5.74) is 2.53. The predicted molar refractivity (Wildman–Crippen MR) is 95.3 cm³/mol. The second kappa shape index (κ2) is 8.45. The van der Waals surface area contributed by atoms with Crippen molar-refractivity contribution >= 4 is 23.2 Å². The largest absolute Gasteiger partial charge is 0.496 e.